The maximum Gasteiger partial charge on any atom is 0.259 e. The van der Waals surface area contributed by atoms with Gasteiger partial charge in [0, 0.05) is 23.1 Å². The van der Waals surface area contributed by atoms with Crippen molar-refractivity contribution >= 4 is 40.5 Å². The van der Waals surface area contributed by atoms with Gasteiger partial charge in [-0.3, -0.25) is 4.79 Å². The van der Waals surface area contributed by atoms with Crippen molar-refractivity contribution in [1.29, 1.82) is 0 Å². The highest BCUT2D eigenvalue weighted by atomic mass is 35.5. The van der Waals surface area contributed by atoms with Crippen molar-refractivity contribution in [1.82, 2.24) is 0 Å². The van der Waals surface area contributed by atoms with Gasteiger partial charge >= 0.3 is 0 Å². The van der Waals surface area contributed by atoms with Crippen molar-refractivity contribution < 1.29 is 14.3 Å². The Hall–Kier alpha value is -1.95. The Morgan fingerprint density at radius 2 is 1.80 bits per heavy atom. The molecule has 0 bridgehead atoms. The Labute approximate surface area is 156 Å². The highest BCUT2D eigenvalue weighted by Gasteiger charge is 2.19. The van der Waals surface area contributed by atoms with Crippen molar-refractivity contribution in [3.05, 3.63) is 52.0 Å². The quantitative estimate of drug-likeness (QED) is 0.867. The van der Waals surface area contributed by atoms with Gasteiger partial charge in [0.1, 0.15) is 5.75 Å². The molecular weight excluding hydrogens is 363 g/mol. The van der Waals surface area contributed by atoms with Crippen LogP contribution in [0.15, 0.2) is 36.4 Å². The molecule has 1 aliphatic rings. The molecule has 2 aromatic rings. The summed E-state index contributed by atoms with van der Waals surface area (Å²) in [6.45, 7) is 2.81. The number of hydrogen-bond acceptors (Lipinski definition) is 4. The molecule has 25 heavy (non-hydrogen) atoms. The second kappa shape index (κ2) is 7.95. The van der Waals surface area contributed by atoms with E-state index < -0.39 is 0 Å². The van der Waals surface area contributed by atoms with E-state index in [1.807, 2.05) is 12.1 Å². The summed E-state index contributed by atoms with van der Waals surface area (Å²) in [6, 6.07) is 10.4. The van der Waals surface area contributed by atoms with Crippen LogP contribution in [-0.4, -0.2) is 39.3 Å². The summed E-state index contributed by atoms with van der Waals surface area (Å²) in [5.74, 6) is 0.146. The molecule has 1 N–H and O–H groups in total. The number of halogens is 2. The zero-order chi connectivity index (χ0) is 17.8. The summed E-state index contributed by atoms with van der Waals surface area (Å²) in [7, 11) is 1.51. The summed E-state index contributed by atoms with van der Waals surface area (Å²) in [5.41, 5.74) is 1.91. The number of hydrogen-bond donors (Lipinski definition) is 1. The first kappa shape index (κ1) is 17.9. The monoisotopic (exact) mass is 380 g/mol. The number of carbonyl (C=O) groups excluding carboxylic acids is 1. The fraction of sp³-hybridized carbons (Fsp3) is 0.278. The van der Waals surface area contributed by atoms with Gasteiger partial charge in [-0.15, -0.1) is 0 Å². The number of rotatable bonds is 4. The van der Waals surface area contributed by atoms with Crippen LogP contribution in [0, 0.1) is 0 Å². The molecule has 1 saturated heterocycles. The fourth-order valence-electron chi connectivity index (χ4n) is 2.74. The van der Waals surface area contributed by atoms with E-state index in [2.05, 4.69) is 10.2 Å². The van der Waals surface area contributed by atoms with E-state index in [-0.39, 0.29) is 5.91 Å². The number of anilines is 2. The third-order valence-electron chi connectivity index (χ3n) is 3.96. The first-order valence-electron chi connectivity index (χ1n) is 7.85. The van der Waals surface area contributed by atoms with E-state index in [9.17, 15) is 4.79 Å². The van der Waals surface area contributed by atoms with Crippen LogP contribution in [0.5, 0.6) is 5.75 Å². The third-order valence-corrected chi connectivity index (χ3v) is 4.43. The number of amides is 1. The molecule has 1 fully saturated rings. The Morgan fingerprint density at radius 1 is 1.12 bits per heavy atom. The van der Waals surface area contributed by atoms with Gasteiger partial charge in [0.05, 0.1) is 37.3 Å². The molecule has 0 radical (unpaired) electrons. The minimum absolute atomic E-state index is 0.309. The lowest BCUT2D eigenvalue weighted by molar-refractivity contribution is 0.102. The molecule has 1 amide bonds. The normalized spacial score (nSPS) is 14.3. The van der Waals surface area contributed by atoms with Gasteiger partial charge < -0.3 is 19.7 Å². The van der Waals surface area contributed by atoms with Crippen LogP contribution in [0.25, 0.3) is 0 Å². The maximum absolute atomic E-state index is 12.8. The Bertz CT molecular complexity index is 777. The zero-order valence-electron chi connectivity index (χ0n) is 13.7. The minimum atomic E-state index is -0.309. The molecule has 132 valence electrons. The number of morpholine rings is 1. The van der Waals surface area contributed by atoms with Gasteiger partial charge in [-0.25, -0.2) is 0 Å². The average molecular weight is 381 g/mol. The molecule has 0 unspecified atom stereocenters. The number of nitrogens with one attached hydrogen (secondary N) is 1. The van der Waals surface area contributed by atoms with Crippen LogP contribution in [-0.2, 0) is 4.74 Å². The highest BCUT2D eigenvalue weighted by molar-refractivity contribution is 6.31. The Balaban J connectivity index is 1.90. The van der Waals surface area contributed by atoms with Gasteiger partial charge in [-0.05, 0) is 36.4 Å². The van der Waals surface area contributed by atoms with Crippen LogP contribution in [0.2, 0.25) is 10.0 Å². The van der Waals surface area contributed by atoms with E-state index in [0.29, 0.717) is 40.3 Å². The topological polar surface area (TPSA) is 50.8 Å². The SMILES string of the molecule is COc1ccc(Cl)cc1C(=O)Nc1cc(Cl)ccc1N1CCOCC1. The van der Waals surface area contributed by atoms with Gasteiger partial charge in [0.2, 0.25) is 0 Å². The van der Waals surface area contributed by atoms with Crippen LogP contribution >= 0.6 is 23.2 Å². The van der Waals surface area contributed by atoms with Gasteiger partial charge in [0.15, 0.2) is 0 Å². The Morgan fingerprint density at radius 3 is 2.52 bits per heavy atom. The van der Waals surface area contributed by atoms with Crippen LogP contribution in [0.1, 0.15) is 10.4 Å². The van der Waals surface area contributed by atoms with E-state index in [1.54, 1.807) is 24.3 Å². The molecule has 5 nitrogen and oxygen atoms in total. The van der Waals surface area contributed by atoms with Crippen molar-refractivity contribution in [3.63, 3.8) is 0 Å². The van der Waals surface area contributed by atoms with Crippen LogP contribution in [0.4, 0.5) is 11.4 Å². The van der Waals surface area contributed by atoms with E-state index >= 15 is 0 Å². The van der Waals surface area contributed by atoms with Crippen molar-refractivity contribution in [2.24, 2.45) is 0 Å². The first-order valence-corrected chi connectivity index (χ1v) is 8.61. The van der Waals surface area contributed by atoms with Gasteiger partial charge in [-0.1, -0.05) is 23.2 Å². The molecule has 0 spiro atoms. The molecule has 3 rings (SSSR count). The standard InChI is InChI=1S/C18H18Cl2N2O3/c1-24-17-5-3-12(19)10-14(17)18(23)21-15-11-13(20)2-4-16(15)22-6-8-25-9-7-22/h2-5,10-11H,6-9H2,1H3,(H,21,23). The largest absolute Gasteiger partial charge is 0.496 e. The number of methoxy groups -OCH3 is 1. The number of carbonyl (C=O) groups is 1. The van der Waals surface area contributed by atoms with E-state index in [0.717, 1.165) is 18.8 Å². The van der Waals surface area contributed by atoms with Gasteiger partial charge in [-0.2, -0.15) is 0 Å². The summed E-state index contributed by atoms with van der Waals surface area (Å²) in [5, 5.41) is 3.93. The van der Waals surface area contributed by atoms with Crippen LogP contribution in [0.3, 0.4) is 0 Å². The predicted octanol–water partition coefficient (Wildman–Crippen LogP) is 4.09. The third kappa shape index (κ3) is 4.18. The van der Waals surface area contributed by atoms with E-state index in [1.165, 1.54) is 7.11 Å². The van der Waals surface area contributed by atoms with Crippen molar-refractivity contribution in [3.8, 4) is 5.75 Å². The van der Waals surface area contributed by atoms with E-state index in [4.69, 9.17) is 32.7 Å². The highest BCUT2D eigenvalue weighted by Crippen LogP contribution is 2.31. The zero-order valence-corrected chi connectivity index (χ0v) is 15.2. The number of benzene rings is 2. The summed E-state index contributed by atoms with van der Waals surface area (Å²) < 4.78 is 10.6. The maximum atomic E-state index is 12.8. The predicted molar refractivity (Wildman–Crippen MR) is 100 cm³/mol. The molecule has 0 aliphatic carbocycles. The summed E-state index contributed by atoms with van der Waals surface area (Å²) in [6.07, 6.45) is 0. The molecule has 0 aromatic heterocycles. The molecule has 7 heteroatoms. The first-order chi connectivity index (χ1) is 12.1. The molecule has 1 heterocycles. The molecule has 0 saturated carbocycles. The molecule has 1 aliphatic heterocycles. The minimum Gasteiger partial charge on any atom is -0.496 e. The number of ether oxygens (including phenoxy) is 2. The van der Waals surface area contributed by atoms with Crippen LogP contribution < -0.4 is 15.0 Å². The molecule has 0 atom stereocenters. The summed E-state index contributed by atoms with van der Waals surface area (Å²) >= 11 is 12.1. The number of nitrogens with zero attached hydrogens (tertiary/aromatic N) is 1. The van der Waals surface area contributed by atoms with Gasteiger partial charge in [0.25, 0.3) is 5.91 Å². The lowest BCUT2D eigenvalue weighted by Gasteiger charge is -2.30. The molecular formula is C18H18Cl2N2O3. The second-order valence-electron chi connectivity index (χ2n) is 5.56. The second-order valence-corrected chi connectivity index (χ2v) is 6.43. The Kier molecular flexibility index (Phi) is 5.68. The molecule has 2 aromatic carbocycles. The lowest BCUT2D eigenvalue weighted by atomic mass is 10.1. The lowest BCUT2D eigenvalue weighted by Crippen LogP contribution is -2.36. The van der Waals surface area contributed by atoms with Crippen molar-refractivity contribution in [2.75, 3.05) is 43.6 Å². The van der Waals surface area contributed by atoms with Crippen molar-refractivity contribution in [2.45, 2.75) is 0 Å². The fourth-order valence-corrected chi connectivity index (χ4v) is 3.08. The smallest absolute Gasteiger partial charge is 0.259 e. The summed E-state index contributed by atoms with van der Waals surface area (Å²) in [4.78, 5) is 14.9. The average Bonchev–Trinajstić information content (AvgIpc) is 2.62.